The molecule has 0 radical (unpaired) electrons. The van der Waals surface area contributed by atoms with E-state index in [1.165, 1.54) is 18.6 Å². The maximum absolute atomic E-state index is 11.8. The highest BCUT2D eigenvalue weighted by Crippen LogP contribution is 2.35. The number of sulfone groups is 1. The summed E-state index contributed by atoms with van der Waals surface area (Å²) in [4.78, 5) is 8.16. The monoisotopic (exact) mass is 336 g/mol. The lowest BCUT2D eigenvalue weighted by atomic mass is 10.1. The van der Waals surface area contributed by atoms with E-state index in [2.05, 4.69) is 25.9 Å². The largest absolute Gasteiger partial charge is 0.489 e. The van der Waals surface area contributed by atoms with Gasteiger partial charge < -0.3 is 9.47 Å². The van der Waals surface area contributed by atoms with E-state index in [1.54, 1.807) is 0 Å². The van der Waals surface area contributed by atoms with Crippen LogP contribution in [0.2, 0.25) is 0 Å². The summed E-state index contributed by atoms with van der Waals surface area (Å²) < 4.78 is 32.8. The Balaban J connectivity index is 2.23. The van der Waals surface area contributed by atoms with Gasteiger partial charge in [-0.2, -0.15) is 0 Å². The molecule has 2 rings (SSSR count). The first-order chi connectivity index (χ1) is 8.49. The molecule has 8 heteroatoms. The molecule has 1 aliphatic rings. The van der Waals surface area contributed by atoms with Crippen molar-refractivity contribution in [2.45, 2.75) is 4.75 Å². The Labute approximate surface area is 114 Å². The average molecular weight is 337 g/mol. The topological polar surface area (TPSA) is 78.4 Å². The predicted molar refractivity (Wildman–Crippen MR) is 68.7 cm³/mol. The van der Waals surface area contributed by atoms with Crippen molar-refractivity contribution in [2.24, 2.45) is 0 Å². The average Bonchev–Trinajstić information content (AvgIpc) is 2.24. The zero-order valence-corrected chi connectivity index (χ0v) is 12.2. The van der Waals surface area contributed by atoms with E-state index in [0.29, 0.717) is 17.7 Å². The minimum Gasteiger partial charge on any atom is -0.489 e. The van der Waals surface area contributed by atoms with Gasteiger partial charge in [0.15, 0.2) is 26.2 Å². The number of alkyl halides is 1. The maximum Gasteiger partial charge on any atom is 0.177 e. The first-order valence-electron chi connectivity index (χ1n) is 5.28. The number of nitrogens with zero attached hydrogens (tertiary/aromatic N) is 2. The van der Waals surface area contributed by atoms with Gasteiger partial charge in [0, 0.05) is 11.6 Å². The van der Waals surface area contributed by atoms with Crippen molar-refractivity contribution >= 4 is 25.8 Å². The number of hydrogen-bond acceptors (Lipinski definition) is 6. The molecule has 1 fully saturated rings. The first-order valence-corrected chi connectivity index (χ1v) is 8.29. The van der Waals surface area contributed by atoms with Gasteiger partial charge in [0.1, 0.15) is 0 Å². The molecule has 0 unspecified atom stereocenters. The number of rotatable bonds is 5. The predicted octanol–water partition coefficient (Wildman–Crippen LogP) is 0.520. The standard InChI is InChI=1S/C10H13BrN2O4S/c1-18(14,15)10(6-16-7-10)9-12-4-8(5-13-9)17-3-2-11/h4-5H,2-3,6-7H2,1H3. The van der Waals surface area contributed by atoms with Gasteiger partial charge in [-0.15, -0.1) is 0 Å². The second kappa shape index (κ2) is 5.10. The van der Waals surface area contributed by atoms with Gasteiger partial charge in [-0.05, 0) is 0 Å². The molecule has 0 bridgehead atoms. The second-order valence-corrected chi connectivity index (χ2v) is 7.16. The third kappa shape index (κ3) is 2.36. The van der Waals surface area contributed by atoms with Crippen molar-refractivity contribution < 1.29 is 17.9 Å². The molecule has 1 aromatic rings. The summed E-state index contributed by atoms with van der Waals surface area (Å²) in [5.41, 5.74) is 0. The number of aromatic nitrogens is 2. The van der Waals surface area contributed by atoms with Crippen molar-refractivity contribution in [3.05, 3.63) is 18.2 Å². The highest BCUT2D eigenvalue weighted by Gasteiger charge is 2.52. The molecule has 0 atom stereocenters. The zero-order chi connectivity index (χ0) is 13.2. The van der Waals surface area contributed by atoms with Crippen LogP contribution < -0.4 is 4.74 Å². The molecular formula is C10H13BrN2O4S. The summed E-state index contributed by atoms with van der Waals surface area (Å²) in [6, 6.07) is 0. The second-order valence-electron chi connectivity index (χ2n) is 4.04. The molecular weight excluding hydrogens is 324 g/mol. The molecule has 0 N–H and O–H groups in total. The van der Waals surface area contributed by atoms with E-state index in [-0.39, 0.29) is 19.0 Å². The van der Waals surface area contributed by atoms with Crippen LogP contribution in [0.1, 0.15) is 5.82 Å². The highest BCUT2D eigenvalue weighted by atomic mass is 79.9. The van der Waals surface area contributed by atoms with Crippen molar-refractivity contribution in [1.29, 1.82) is 0 Å². The smallest absolute Gasteiger partial charge is 0.177 e. The Morgan fingerprint density at radius 3 is 2.44 bits per heavy atom. The zero-order valence-electron chi connectivity index (χ0n) is 9.80. The van der Waals surface area contributed by atoms with Crippen LogP contribution in [0.25, 0.3) is 0 Å². The molecule has 0 spiro atoms. The molecule has 1 saturated heterocycles. The van der Waals surface area contributed by atoms with E-state index in [9.17, 15) is 8.42 Å². The summed E-state index contributed by atoms with van der Waals surface area (Å²) in [7, 11) is -3.31. The third-order valence-corrected chi connectivity index (χ3v) is 4.92. The van der Waals surface area contributed by atoms with Gasteiger partial charge >= 0.3 is 0 Å². The minimum absolute atomic E-state index is 0.105. The van der Waals surface area contributed by atoms with Gasteiger partial charge in [-0.25, -0.2) is 18.4 Å². The summed E-state index contributed by atoms with van der Waals surface area (Å²) >= 11 is 3.24. The Morgan fingerprint density at radius 1 is 1.44 bits per heavy atom. The minimum atomic E-state index is -3.31. The fraction of sp³-hybridized carbons (Fsp3) is 0.600. The van der Waals surface area contributed by atoms with Crippen LogP contribution in [-0.4, -0.2) is 49.8 Å². The van der Waals surface area contributed by atoms with Crippen molar-refractivity contribution in [3.8, 4) is 5.75 Å². The van der Waals surface area contributed by atoms with Crippen LogP contribution >= 0.6 is 15.9 Å². The lowest BCUT2D eigenvalue weighted by Crippen LogP contribution is -2.53. The van der Waals surface area contributed by atoms with Crippen LogP contribution in [0, 0.1) is 0 Å². The van der Waals surface area contributed by atoms with Gasteiger partial charge in [-0.1, -0.05) is 15.9 Å². The lowest BCUT2D eigenvalue weighted by Gasteiger charge is -2.37. The number of halogens is 1. The van der Waals surface area contributed by atoms with Gasteiger partial charge in [0.25, 0.3) is 0 Å². The van der Waals surface area contributed by atoms with E-state index < -0.39 is 14.6 Å². The van der Waals surface area contributed by atoms with Gasteiger partial charge in [0.2, 0.25) is 0 Å². The molecule has 1 aliphatic heterocycles. The Kier molecular flexibility index (Phi) is 3.88. The molecule has 6 nitrogen and oxygen atoms in total. The molecule has 2 heterocycles. The molecule has 0 saturated carbocycles. The first kappa shape index (κ1) is 13.7. The fourth-order valence-corrected chi connectivity index (χ4v) is 2.77. The maximum atomic E-state index is 11.8. The molecule has 0 aliphatic carbocycles. The Morgan fingerprint density at radius 2 is 2.06 bits per heavy atom. The molecule has 0 amide bonds. The quantitative estimate of drug-likeness (QED) is 0.729. The number of ether oxygens (including phenoxy) is 2. The summed E-state index contributed by atoms with van der Waals surface area (Å²) in [5.74, 6) is 0.782. The molecule has 1 aromatic heterocycles. The SMILES string of the molecule is CS(=O)(=O)C1(c2ncc(OCCBr)cn2)COC1. The highest BCUT2D eigenvalue weighted by molar-refractivity contribution is 9.09. The Hall–Kier alpha value is -0.730. The number of hydrogen-bond donors (Lipinski definition) is 0. The third-order valence-electron chi connectivity index (χ3n) is 2.76. The molecule has 100 valence electrons. The molecule has 0 aromatic carbocycles. The van der Waals surface area contributed by atoms with Crippen LogP contribution in [0.15, 0.2) is 12.4 Å². The van der Waals surface area contributed by atoms with Crippen LogP contribution in [0.3, 0.4) is 0 Å². The summed E-state index contributed by atoms with van der Waals surface area (Å²) in [6.45, 7) is 0.712. The normalized spacial score (nSPS) is 18.1. The van der Waals surface area contributed by atoms with E-state index in [4.69, 9.17) is 9.47 Å². The van der Waals surface area contributed by atoms with E-state index >= 15 is 0 Å². The van der Waals surface area contributed by atoms with Crippen LogP contribution in [-0.2, 0) is 19.3 Å². The summed E-state index contributed by atoms with van der Waals surface area (Å²) in [5, 5.41) is 0.704. The van der Waals surface area contributed by atoms with Crippen LogP contribution in [0.4, 0.5) is 0 Å². The van der Waals surface area contributed by atoms with Gasteiger partial charge in [0.05, 0.1) is 32.2 Å². The van der Waals surface area contributed by atoms with E-state index in [0.717, 1.165) is 0 Å². The lowest BCUT2D eigenvalue weighted by molar-refractivity contribution is -0.0195. The fourth-order valence-electron chi connectivity index (χ4n) is 1.58. The van der Waals surface area contributed by atoms with Crippen molar-refractivity contribution in [1.82, 2.24) is 9.97 Å². The van der Waals surface area contributed by atoms with Crippen LogP contribution in [0.5, 0.6) is 5.75 Å². The molecule has 18 heavy (non-hydrogen) atoms. The Bertz CT molecular complexity index is 513. The van der Waals surface area contributed by atoms with Gasteiger partial charge in [-0.3, -0.25) is 0 Å². The van der Waals surface area contributed by atoms with Crippen molar-refractivity contribution in [3.63, 3.8) is 0 Å². The van der Waals surface area contributed by atoms with Crippen molar-refractivity contribution in [2.75, 3.05) is 31.4 Å². The summed E-state index contributed by atoms with van der Waals surface area (Å²) in [6.07, 6.45) is 4.14. The van der Waals surface area contributed by atoms with E-state index in [1.807, 2.05) is 0 Å².